The number of anilines is 1. The van der Waals surface area contributed by atoms with Crippen LogP contribution in [0.4, 0.5) is 5.69 Å². The van der Waals surface area contributed by atoms with E-state index in [-0.39, 0.29) is 0 Å². The molecule has 2 N–H and O–H groups in total. The first-order valence-corrected chi connectivity index (χ1v) is 6.78. The Kier molecular flexibility index (Phi) is 4.24. The smallest absolute Gasteiger partial charge is 0.0343 e. The van der Waals surface area contributed by atoms with Gasteiger partial charge in [0.05, 0.1) is 0 Å². The Morgan fingerprint density at radius 1 is 1.25 bits per heavy atom. The number of piperidine rings is 1. The molecule has 2 nitrogen and oxygen atoms in total. The van der Waals surface area contributed by atoms with Gasteiger partial charge in [-0.2, -0.15) is 0 Å². The average molecular weight is 283 g/mol. The van der Waals surface area contributed by atoms with Crippen molar-refractivity contribution in [3.05, 3.63) is 28.7 Å². The average Bonchev–Trinajstić information content (AvgIpc) is 2.33. The van der Waals surface area contributed by atoms with E-state index in [4.69, 9.17) is 0 Å². The summed E-state index contributed by atoms with van der Waals surface area (Å²) < 4.78 is 1.13. The summed E-state index contributed by atoms with van der Waals surface area (Å²) in [5.74, 6) is 0.796. The van der Waals surface area contributed by atoms with Crippen molar-refractivity contribution in [1.29, 1.82) is 0 Å². The number of hydrogen-bond donors (Lipinski definition) is 2. The van der Waals surface area contributed by atoms with Crippen LogP contribution in [0.5, 0.6) is 0 Å². The van der Waals surface area contributed by atoms with Gasteiger partial charge in [-0.25, -0.2) is 0 Å². The summed E-state index contributed by atoms with van der Waals surface area (Å²) in [7, 11) is 0. The van der Waals surface area contributed by atoms with Crippen LogP contribution in [-0.2, 0) is 0 Å². The van der Waals surface area contributed by atoms with Crippen LogP contribution in [0.1, 0.15) is 19.8 Å². The summed E-state index contributed by atoms with van der Waals surface area (Å²) >= 11 is 3.45. The normalized spacial score (nSPS) is 19.4. The van der Waals surface area contributed by atoms with Crippen molar-refractivity contribution in [2.45, 2.75) is 25.8 Å². The van der Waals surface area contributed by atoms with Crippen molar-refractivity contribution >= 4 is 21.6 Å². The molecule has 0 radical (unpaired) electrons. The van der Waals surface area contributed by atoms with E-state index >= 15 is 0 Å². The lowest BCUT2D eigenvalue weighted by Gasteiger charge is -2.29. The van der Waals surface area contributed by atoms with Crippen molar-refractivity contribution in [2.24, 2.45) is 5.92 Å². The number of nitrogens with one attached hydrogen (secondary N) is 2. The topological polar surface area (TPSA) is 24.1 Å². The van der Waals surface area contributed by atoms with Gasteiger partial charge in [-0.05, 0) is 63.0 Å². The SMILES string of the molecule is CC(Nc1ccc(Br)cc1)C1CCNCC1. The quantitative estimate of drug-likeness (QED) is 0.889. The van der Waals surface area contributed by atoms with Crippen molar-refractivity contribution < 1.29 is 0 Å². The maximum Gasteiger partial charge on any atom is 0.0343 e. The molecule has 0 amide bonds. The third-order valence-corrected chi connectivity index (χ3v) is 3.86. The standard InChI is InChI=1S/C13H19BrN2/c1-10(11-6-8-15-9-7-11)16-13-4-2-12(14)3-5-13/h2-5,10-11,15-16H,6-9H2,1H3. The molecule has 2 rings (SSSR count). The van der Waals surface area contributed by atoms with E-state index in [1.54, 1.807) is 0 Å². The highest BCUT2D eigenvalue weighted by molar-refractivity contribution is 9.10. The molecule has 1 heterocycles. The fourth-order valence-corrected chi connectivity index (χ4v) is 2.54. The van der Waals surface area contributed by atoms with Crippen LogP contribution in [0.2, 0.25) is 0 Å². The molecule has 1 aliphatic heterocycles. The first kappa shape index (κ1) is 11.9. The molecule has 1 atom stereocenters. The summed E-state index contributed by atoms with van der Waals surface area (Å²) in [5.41, 5.74) is 1.22. The lowest BCUT2D eigenvalue weighted by Crippen LogP contribution is -2.36. The highest BCUT2D eigenvalue weighted by Gasteiger charge is 2.19. The molecule has 1 aromatic rings. The van der Waals surface area contributed by atoms with Gasteiger partial charge in [0, 0.05) is 16.2 Å². The first-order chi connectivity index (χ1) is 7.75. The van der Waals surface area contributed by atoms with Crippen molar-refractivity contribution in [3.8, 4) is 0 Å². The van der Waals surface area contributed by atoms with Gasteiger partial charge >= 0.3 is 0 Å². The summed E-state index contributed by atoms with van der Waals surface area (Å²) in [5, 5.41) is 7.00. The van der Waals surface area contributed by atoms with Crippen LogP contribution < -0.4 is 10.6 Å². The minimum atomic E-state index is 0.559. The van der Waals surface area contributed by atoms with E-state index in [9.17, 15) is 0 Å². The van der Waals surface area contributed by atoms with Gasteiger partial charge in [0.2, 0.25) is 0 Å². The fraction of sp³-hybridized carbons (Fsp3) is 0.538. The second-order valence-electron chi connectivity index (χ2n) is 4.53. The summed E-state index contributed by atoms with van der Waals surface area (Å²) in [4.78, 5) is 0. The monoisotopic (exact) mass is 282 g/mol. The molecule has 16 heavy (non-hydrogen) atoms. The highest BCUT2D eigenvalue weighted by atomic mass is 79.9. The van der Waals surface area contributed by atoms with E-state index in [1.165, 1.54) is 18.5 Å². The van der Waals surface area contributed by atoms with Gasteiger partial charge in [-0.1, -0.05) is 15.9 Å². The molecule has 1 aromatic carbocycles. The highest BCUT2D eigenvalue weighted by Crippen LogP contribution is 2.21. The second-order valence-corrected chi connectivity index (χ2v) is 5.44. The molecule has 0 aromatic heterocycles. The van der Waals surface area contributed by atoms with E-state index < -0.39 is 0 Å². The van der Waals surface area contributed by atoms with E-state index in [0.29, 0.717) is 6.04 Å². The van der Waals surface area contributed by atoms with Crippen LogP contribution >= 0.6 is 15.9 Å². The van der Waals surface area contributed by atoms with Crippen molar-refractivity contribution in [1.82, 2.24) is 5.32 Å². The summed E-state index contributed by atoms with van der Waals surface area (Å²) in [6, 6.07) is 8.97. The van der Waals surface area contributed by atoms with E-state index in [0.717, 1.165) is 23.5 Å². The predicted molar refractivity (Wildman–Crippen MR) is 72.8 cm³/mol. The molecule has 1 saturated heterocycles. The van der Waals surface area contributed by atoms with Crippen molar-refractivity contribution in [3.63, 3.8) is 0 Å². The van der Waals surface area contributed by atoms with Gasteiger partial charge in [0.25, 0.3) is 0 Å². The summed E-state index contributed by atoms with van der Waals surface area (Å²) in [6.07, 6.45) is 2.56. The van der Waals surface area contributed by atoms with Gasteiger partial charge in [0.1, 0.15) is 0 Å². The molecule has 88 valence electrons. The Balaban J connectivity index is 1.90. The maximum atomic E-state index is 3.59. The molecule has 0 spiro atoms. The van der Waals surface area contributed by atoms with Crippen LogP contribution in [0.15, 0.2) is 28.7 Å². The van der Waals surface area contributed by atoms with E-state index in [2.05, 4.69) is 57.8 Å². The molecule has 1 unspecified atom stereocenters. The largest absolute Gasteiger partial charge is 0.382 e. The van der Waals surface area contributed by atoms with Crippen LogP contribution in [-0.4, -0.2) is 19.1 Å². The molecule has 1 fully saturated rings. The lowest BCUT2D eigenvalue weighted by atomic mass is 9.91. The Morgan fingerprint density at radius 2 is 1.88 bits per heavy atom. The zero-order valence-electron chi connectivity index (χ0n) is 9.67. The summed E-state index contributed by atoms with van der Waals surface area (Å²) in [6.45, 7) is 4.62. The minimum absolute atomic E-state index is 0.559. The number of benzene rings is 1. The Bertz CT molecular complexity index is 317. The van der Waals surface area contributed by atoms with Gasteiger partial charge in [-0.15, -0.1) is 0 Å². The molecule has 3 heteroatoms. The molecular weight excluding hydrogens is 264 g/mol. The maximum absolute atomic E-state index is 3.59. The zero-order valence-corrected chi connectivity index (χ0v) is 11.3. The Labute approximate surface area is 106 Å². The molecular formula is C13H19BrN2. The predicted octanol–water partition coefficient (Wildman–Crippen LogP) is 3.25. The van der Waals surface area contributed by atoms with Crippen LogP contribution in [0.3, 0.4) is 0 Å². The molecule has 0 saturated carbocycles. The zero-order chi connectivity index (χ0) is 11.4. The van der Waals surface area contributed by atoms with Crippen LogP contribution in [0, 0.1) is 5.92 Å². The fourth-order valence-electron chi connectivity index (χ4n) is 2.27. The van der Waals surface area contributed by atoms with Gasteiger partial charge in [-0.3, -0.25) is 0 Å². The minimum Gasteiger partial charge on any atom is -0.382 e. The van der Waals surface area contributed by atoms with Gasteiger partial charge < -0.3 is 10.6 Å². The second kappa shape index (κ2) is 5.69. The number of halogens is 1. The Hall–Kier alpha value is -0.540. The Morgan fingerprint density at radius 3 is 2.50 bits per heavy atom. The van der Waals surface area contributed by atoms with Gasteiger partial charge in [0.15, 0.2) is 0 Å². The lowest BCUT2D eigenvalue weighted by molar-refractivity contribution is 0.343. The first-order valence-electron chi connectivity index (χ1n) is 5.98. The number of rotatable bonds is 3. The van der Waals surface area contributed by atoms with E-state index in [1.807, 2.05) is 0 Å². The number of hydrogen-bond acceptors (Lipinski definition) is 2. The molecule has 1 aliphatic rings. The third kappa shape index (κ3) is 3.22. The molecule has 0 aliphatic carbocycles. The third-order valence-electron chi connectivity index (χ3n) is 3.33. The molecule has 0 bridgehead atoms. The van der Waals surface area contributed by atoms with Crippen molar-refractivity contribution in [2.75, 3.05) is 18.4 Å². The van der Waals surface area contributed by atoms with Crippen LogP contribution in [0.25, 0.3) is 0 Å².